The summed E-state index contributed by atoms with van der Waals surface area (Å²) < 4.78 is 5.18. The molecule has 1 atom stereocenters. The molecule has 0 spiro atoms. The number of anilines is 2. The maximum atomic E-state index is 12.0. The first kappa shape index (κ1) is 23.0. The normalized spacial score (nSPS) is 14.0. The highest BCUT2D eigenvalue weighted by Gasteiger charge is 2.25. The van der Waals surface area contributed by atoms with E-state index in [0.29, 0.717) is 16.6 Å². The van der Waals surface area contributed by atoms with Gasteiger partial charge in [-0.2, -0.15) is 0 Å². The Labute approximate surface area is 191 Å². The SMILES string of the molecule is CC(C)(C)OC(=O)NC(Cc1ccc2c(c1)C=CCN2c1c(Cl)cccc1Cl)C(=O)O. The first-order valence-corrected chi connectivity index (χ1v) is 10.5. The first-order valence-electron chi connectivity index (χ1n) is 9.78. The fourth-order valence-corrected chi connectivity index (χ4v) is 3.94. The number of rotatable bonds is 5. The zero-order valence-corrected chi connectivity index (χ0v) is 19.0. The minimum Gasteiger partial charge on any atom is -0.480 e. The number of nitrogens with one attached hydrogen (secondary N) is 1. The Kier molecular flexibility index (Phi) is 6.82. The highest BCUT2D eigenvalue weighted by molar-refractivity contribution is 6.39. The van der Waals surface area contributed by atoms with Gasteiger partial charge in [0.2, 0.25) is 0 Å². The maximum Gasteiger partial charge on any atom is 0.408 e. The van der Waals surface area contributed by atoms with E-state index in [0.717, 1.165) is 22.5 Å². The molecule has 0 aliphatic carbocycles. The predicted molar refractivity (Wildman–Crippen MR) is 123 cm³/mol. The molecular weight excluding hydrogens is 439 g/mol. The first-order chi connectivity index (χ1) is 14.5. The summed E-state index contributed by atoms with van der Waals surface area (Å²) >= 11 is 12.8. The third kappa shape index (κ3) is 5.71. The number of alkyl carbamates (subject to hydrolysis) is 1. The van der Waals surface area contributed by atoms with Crippen molar-refractivity contribution in [3.63, 3.8) is 0 Å². The number of hydrogen-bond acceptors (Lipinski definition) is 4. The van der Waals surface area contributed by atoms with Crippen LogP contribution in [0.15, 0.2) is 42.5 Å². The van der Waals surface area contributed by atoms with Crippen molar-refractivity contribution >= 4 is 52.7 Å². The summed E-state index contributed by atoms with van der Waals surface area (Å²) in [5.41, 5.74) is 2.58. The van der Waals surface area contributed by atoms with Crippen LogP contribution in [0.4, 0.5) is 16.2 Å². The molecule has 31 heavy (non-hydrogen) atoms. The Bertz CT molecular complexity index is 1010. The summed E-state index contributed by atoms with van der Waals surface area (Å²) in [5, 5.41) is 13.1. The van der Waals surface area contributed by atoms with E-state index in [1.165, 1.54) is 0 Å². The van der Waals surface area contributed by atoms with Gasteiger partial charge in [-0.1, -0.05) is 47.5 Å². The molecule has 1 heterocycles. The number of carbonyl (C=O) groups excluding carboxylic acids is 1. The van der Waals surface area contributed by atoms with Crippen LogP contribution in [0.25, 0.3) is 6.08 Å². The molecule has 164 valence electrons. The lowest BCUT2D eigenvalue weighted by Gasteiger charge is -2.30. The predicted octanol–water partition coefficient (Wildman–Crippen LogP) is 5.68. The molecule has 8 heteroatoms. The van der Waals surface area contributed by atoms with Gasteiger partial charge in [0, 0.05) is 18.7 Å². The van der Waals surface area contributed by atoms with Crippen LogP contribution in [0.2, 0.25) is 10.0 Å². The fraction of sp³-hybridized carbons (Fsp3) is 0.304. The van der Waals surface area contributed by atoms with Crippen molar-refractivity contribution < 1.29 is 19.4 Å². The van der Waals surface area contributed by atoms with Crippen LogP contribution in [0.5, 0.6) is 0 Å². The van der Waals surface area contributed by atoms with Gasteiger partial charge in [0.25, 0.3) is 0 Å². The van der Waals surface area contributed by atoms with E-state index in [4.69, 9.17) is 27.9 Å². The Morgan fingerprint density at radius 2 is 1.87 bits per heavy atom. The molecular formula is C23H24Cl2N2O4. The van der Waals surface area contributed by atoms with Gasteiger partial charge in [0.05, 0.1) is 15.7 Å². The van der Waals surface area contributed by atoms with Gasteiger partial charge in [-0.25, -0.2) is 9.59 Å². The molecule has 0 fully saturated rings. The van der Waals surface area contributed by atoms with Crippen molar-refractivity contribution in [2.75, 3.05) is 11.4 Å². The molecule has 3 rings (SSSR count). The standard InChI is InChI=1S/C23H24Cl2N2O4/c1-23(2,3)31-22(30)26-18(21(28)29)13-14-9-10-19-15(12-14)6-5-11-27(19)20-16(24)7-4-8-17(20)25/h4-10,12,18H,11,13H2,1-3H3,(H,26,30)(H,28,29). The third-order valence-electron chi connectivity index (χ3n) is 4.60. The number of ether oxygens (including phenoxy) is 1. The number of carbonyl (C=O) groups is 2. The number of aliphatic carboxylic acids is 1. The summed E-state index contributed by atoms with van der Waals surface area (Å²) in [6.07, 6.45) is 3.30. The monoisotopic (exact) mass is 462 g/mol. The number of nitrogens with zero attached hydrogens (tertiary/aromatic N) is 1. The Morgan fingerprint density at radius 3 is 2.48 bits per heavy atom. The molecule has 0 saturated carbocycles. The van der Waals surface area contributed by atoms with Gasteiger partial charge < -0.3 is 20.1 Å². The number of amides is 1. The highest BCUT2D eigenvalue weighted by Crippen LogP contribution is 2.41. The number of benzene rings is 2. The number of carboxylic acids is 1. The smallest absolute Gasteiger partial charge is 0.408 e. The fourth-order valence-electron chi connectivity index (χ4n) is 3.34. The number of halogens is 2. The van der Waals surface area contributed by atoms with Gasteiger partial charge in [0.15, 0.2) is 0 Å². The number of hydrogen-bond donors (Lipinski definition) is 2. The van der Waals surface area contributed by atoms with Crippen LogP contribution in [0.1, 0.15) is 31.9 Å². The number of fused-ring (bicyclic) bond motifs is 1. The molecule has 0 bridgehead atoms. The Hall–Kier alpha value is -2.70. The average molecular weight is 463 g/mol. The number of para-hydroxylation sites is 1. The number of carboxylic acid groups (broad SMARTS) is 1. The van der Waals surface area contributed by atoms with E-state index < -0.39 is 23.7 Å². The zero-order valence-electron chi connectivity index (χ0n) is 17.5. The summed E-state index contributed by atoms with van der Waals surface area (Å²) in [4.78, 5) is 25.7. The van der Waals surface area contributed by atoms with Gasteiger partial charge in [-0.3, -0.25) is 0 Å². The summed E-state index contributed by atoms with van der Waals surface area (Å²) in [5.74, 6) is -1.14. The lowest BCUT2D eigenvalue weighted by Crippen LogP contribution is -2.44. The lowest BCUT2D eigenvalue weighted by atomic mass is 9.99. The van der Waals surface area contributed by atoms with Gasteiger partial charge in [0.1, 0.15) is 11.6 Å². The van der Waals surface area contributed by atoms with Crippen molar-refractivity contribution in [2.45, 2.75) is 38.8 Å². The second-order valence-corrected chi connectivity index (χ2v) is 9.03. The molecule has 2 aromatic carbocycles. The highest BCUT2D eigenvalue weighted by atomic mass is 35.5. The molecule has 2 aromatic rings. The molecule has 0 saturated heterocycles. The minimum atomic E-state index is -1.14. The van der Waals surface area contributed by atoms with E-state index >= 15 is 0 Å². The van der Waals surface area contributed by atoms with E-state index in [-0.39, 0.29) is 6.42 Å². The minimum absolute atomic E-state index is 0.114. The lowest BCUT2D eigenvalue weighted by molar-refractivity contribution is -0.139. The molecule has 1 unspecified atom stereocenters. The maximum absolute atomic E-state index is 12.0. The third-order valence-corrected chi connectivity index (χ3v) is 5.21. The largest absolute Gasteiger partial charge is 0.480 e. The van der Waals surface area contributed by atoms with Crippen molar-refractivity contribution in [3.8, 4) is 0 Å². The van der Waals surface area contributed by atoms with Crippen molar-refractivity contribution in [1.82, 2.24) is 5.32 Å². The van der Waals surface area contributed by atoms with Crippen LogP contribution < -0.4 is 10.2 Å². The molecule has 6 nitrogen and oxygen atoms in total. The summed E-state index contributed by atoms with van der Waals surface area (Å²) in [7, 11) is 0. The van der Waals surface area contributed by atoms with Crippen LogP contribution in [0, 0.1) is 0 Å². The van der Waals surface area contributed by atoms with Crippen LogP contribution in [0.3, 0.4) is 0 Å². The quantitative estimate of drug-likeness (QED) is 0.597. The average Bonchev–Trinajstić information content (AvgIpc) is 2.65. The van der Waals surface area contributed by atoms with Gasteiger partial charge in [-0.15, -0.1) is 0 Å². The Balaban J connectivity index is 1.83. The molecule has 1 aliphatic heterocycles. The van der Waals surface area contributed by atoms with E-state index in [1.807, 2.05) is 35.3 Å². The van der Waals surface area contributed by atoms with Crippen LogP contribution in [-0.2, 0) is 16.0 Å². The van der Waals surface area contributed by atoms with Crippen molar-refractivity contribution in [3.05, 3.63) is 63.6 Å². The second-order valence-electron chi connectivity index (χ2n) is 8.22. The van der Waals surface area contributed by atoms with E-state index in [1.54, 1.807) is 39.0 Å². The Morgan fingerprint density at radius 1 is 1.19 bits per heavy atom. The molecule has 1 aliphatic rings. The van der Waals surface area contributed by atoms with Crippen molar-refractivity contribution in [2.24, 2.45) is 0 Å². The topological polar surface area (TPSA) is 78.9 Å². The zero-order chi connectivity index (χ0) is 22.8. The van der Waals surface area contributed by atoms with Crippen molar-refractivity contribution in [1.29, 1.82) is 0 Å². The molecule has 0 aromatic heterocycles. The molecule has 1 amide bonds. The van der Waals surface area contributed by atoms with E-state index in [9.17, 15) is 14.7 Å². The molecule has 2 N–H and O–H groups in total. The van der Waals surface area contributed by atoms with Gasteiger partial charge in [-0.05, 0) is 56.2 Å². The van der Waals surface area contributed by atoms with Crippen LogP contribution >= 0.6 is 23.2 Å². The summed E-state index contributed by atoms with van der Waals surface area (Å²) in [6, 6.07) is 9.89. The van der Waals surface area contributed by atoms with Crippen LogP contribution in [-0.4, -0.2) is 35.4 Å². The van der Waals surface area contributed by atoms with Gasteiger partial charge >= 0.3 is 12.1 Å². The summed E-state index contributed by atoms with van der Waals surface area (Å²) in [6.45, 7) is 5.76. The molecule has 0 radical (unpaired) electrons. The van der Waals surface area contributed by atoms with E-state index in [2.05, 4.69) is 5.32 Å². The second kappa shape index (κ2) is 9.20.